The minimum Gasteiger partial charge on any atom is -0.450 e. The van der Waals surface area contributed by atoms with Crippen molar-refractivity contribution in [2.45, 2.75) is 6.92 Å². The summed E-state index contributed by atoms with van der Waals surface area (Å²) in [5.74, 6) is -0.751. The molecule has 0 saturated heterocycles. The first-order valence-electron chi connectivity index (χ1n) is 5.86. The second-order valence-corrected chi connectivity index (χ2v) is 4.42. The smallest absolute Gasteiger partial charge is 0.375 e. The Balaban J connectivity index is 2.18. The van der Waals surface area contributed by atoms with Crippen LogP contribution in [0, 0.1) is 6.92 Å². The number of fused-ring (bicyclic) bond motifs is 1. The number of esters is 1. The fraction of sp³-hybridized carbons (Fsp3) is 0.286. The van der Waals surface area contributed by atoms with Crippen LogP contribution in [-0.4, -0.2) is 37.5 Å². The predicted octanol–water partition coefficient (Wildman–Crippen LogP) is 1.99. The molecule has 1 heterocycles. The Morgan fingerprint density at radius 3 is 2.58 bits per heavy atom. The molecule has 0 bridgehead atoms. The summed E-state index contributed by atoms with van der Waals surface area (Å²) in [7, 11) is 3.20. The van der Waals surface area contributed by atoms with Crippen molar-refractivity contribution in [2.24, 2.45) is 0 Å². The van der Waals surface area contributed by atoms with Crippen LogP contribution in [0.4, 0.5) is 0 Å². The number of amides is 1. The Morgan fingerprint density at radius 1 is 1.26 bits per heavy atom. The van der Waals surface area contributed by atoms with Gasteiger partial charge in [-0.1, -0.05) is 18.2 Å². The van der Waals surface area contributed by atoms with Crippen LogP contribution in [0.1, 0.15) is 16.1 Å². The molecule has 0 aliphatic heterocycles. The van der Waals surface area contributed by atoms with E-state index >= 15 is 0 Å². The topological polar surface area (TPSA) is 59.8 Å². The molecule has 0 radical (unpaired) electrons. The molecular formula is C14H15NO4. The molecule has 19 heavy (non-hydrogen) atoms. The van der Waals surface area contributed by atoms with E-state index in [-0.39, 0.29) is 18.3 Å². The van der Waals surface area contributed by atoms with E-state index in [0.717, 1.165) is 10.9 Å². The number of likely N-dealkylation sites (N-methyl/N-ethyl adjacent to an activating group) is 1. The Hall–Kier alpha value is -2.30. The summed E-state index contributed by atoms with van der Waals surface area (Å²) in [5.41, 5.74) is 1.35. The molecule has 0 unspecified atom stereocenters. The number of benzene rings is 1. The molecule has 0 spiro atoms. The van der Waals surface area contributed by atoms with Gasteiger partial charge in [0.25, 0.3) is 5.91 Å². The Labute approximate surface area is 110 Å². The van der Waals surface area contributed by atoms with Crippen LogP contribution in [0.25, 0.3) is 11.0 Å². The first-order chi connectivity index (χ1) is 9.00. The lowest BCUT2D eigenvalue weighted by atomic mass is 10.1. The van der Waals surface area contributed by atoms with Crippen LogP contribution in [0.2, 0.25) is 0 Å². The first kappa shape index (κ1) is 13.1. The molecule has 1 aromatic heterocycles. The summed E-state index contributed by atoms with van der Waals surface area (Å²) in [5, 5.41) is 0.869. The van der Waals surface area contributed by atoms with E-state index in [0.29, 0.717) is 5.58 Å². The van der Waals surface area contributed by atoms with E-state index in [2.05, 4.69) is 0 Å². The molecule has 2 aromatic rings. The Bertz CT molecular complexity index is 627. The fourth-order valence-electron chi connectivity index (χ4n) is 1.69. The maximum Gasteiger partial charge on any atom is 0.375 e. The number of hydrogen-bond donors (Lipinski definition) is 0. The van der Waals surface area contributed by atoms with Crippen molar-refractivity contribution < 1.29 is 18.7 Å². The van der Waals surface area contributed by atoms with Crippen molar-refractivity contribution in [1.82, 2.24) is 4.90 Å². The van der Waals surface area contributed by atoms with Crippen molar-refractivity contribution in [2.75, 3.05) is 20.7 Å². The molecule has 1 amide bonds. The standard InChI is InChI=1S/C14H15NO4/c1-9-10-6-4-5-7-11(10)19-13(9)14(17)18-8-12(16)15(2)3/h4-7H,8H2,1-3H3. The van der Waals surface area contributed by atoms with E-state index in [4.69, 9.17) is 9.15 Å². The summed E-state index contributed by atoms with van der Waals surface area (Å²) >= 11 is 0. The number of furan rings is 1. The maximum atomic E-state index is 11.9. The summed E-state index contributed by atoms with van der Waals surface area (Å²) in [6.07, 6.45) is 0. The average Bonchev–Trinajstić information content (AvgIpc) is 2.73. The van der Waals surface area contributed by atoms with Gasteiger partial charge >= 0.3 is 5.97 Å². The molecule has 5 heteroatoms. The van der Waals surface area contributed by atoms with Crippen LogP contribution in [-0.2, 0) is 9.53 Å². The van der Waals surface area contributed by atoms with Crippen LogP contribution in [0.15, 0.2) is 28.7 Å². The lowest BCUT2D eigenvalue weighted by Gasteiger charge is -2.09. The van der Waals surface area contributed by atoms with Crippen molar-refractivity contribution >= 4 is 22.8 Å². The number of nitrogens with zero attached hydrogens (tertiary/aromatic N) is 1. The molecule has 0 aliphatic carbocycles. The van der Waals surface area contributed by atoms with Gasteiger partial charge in [-0.2, -0.15) is 0 Å². The van der Waals surface area contributed by atoms with Crippen molar-refractivity contribution in [3.05, 3.63) is 35.6 Å². The zero-order valence-electron chi connectivity index (χ0n) is 11.1. The maximum absolute atomic E-state index is 11.9. The van der Waals surface area contributed by atoms with Crippen molar-refractivity contribution in [3.63, 3.8) is 0 Å². The number of carbonyl (C=O) groups excluding carboxylic acids is 2. The number of hydrogen-bond acceptors (Lipinski definition) is 4. The van der Waals surface area contributed by atoms with Gasteiger partial charge in [0.2, 0.25) is 5.76 Å². The highest BCUT2D eigenvalue weighted by atomic mass is 16.5. The number of rotatable bonds is 3. The lowest BCUT2D eigenvalue weighted by Crippen LogP contribution is -2.27. The van der Waals surface area contributed by atoms with Crippen LogP contribution in [0.3, 0.4) is 0 Å². The van der Waals surface area contributed by atoms with E-state index < -0.39 is 5.97 Å². The normalized spacial score (nSPS) is 10.5. The van der Waals surface area contributed by atoms with E-state index in [1.54, 1.807) is 27.1 Å². The zero-order chi connectivity index (χ0) is 14.0. The van der Waals surface area contributed by atoms with Gasteiger partial charge in [0.1, 0.15) is 5.58 Å². The van der Waals surface area contributed by atoms with Gasteiger partial charge in [-0.05, 0) is 13.0 Å². The Kier molecular flexibility index (Phi) is 3.55. The number of aryl methyl sites for hydroxylation is 1. The highest BCUT2D eigenvalue weighted by Crippen LogP contribution is 2.25. The molecule has 0 atom stereocenters. The molecule has 100 valence electrons. The molecule has 0 fully saturated rings. The van der Waals surface area contributed by atoms with E-state index in [1.165, 1.54) is 4.90 Å². The van der Waals surface area contributed by atoms with Gasteiger partial charge in [-0.3, -0.25) is 4.79 Å². The van der Waals surface area contributed by atoms with Gasteiger partial charge in [0.15, 0.2) is 6.61 Å². The highest BCUT2D eigenvalue weighted by Gasteiger charge is 2.19. The number of ether oxygens (including phenoxy) is 1. The van der Waals surface area contributed by atoms with E-state index in [1.807, 2.05) is 18.2 Å². The molecule has 0 saturated carbocycles. The van der Waals surface area contributed by atoms with Gasteiger partial charge in [0, 0.05) is 25.0 Å². The van der Waals surface area contributed by atoms with Crippen molar-refractivity contribution in [3.8, 4) is 0 Å². The molecule has 5 nitrogen and oxygen atoms in total. The summed E-state index contributed by atoms with van der Waals surface area (Å²) in [6, 6.07) is 7.35. The van der Waals surface area contributed by atoms with Crippen LogP contribution < -0.4 is 0 Å². The minimum absolute atomic E-state index is 0.146. The molecule has 0 aliphatic rings. The van der Waals surface area contributed by atoms with Gasteiger partial charge < -0.3 is 14.1 Å². The molecule has 2 rings (SSSR count). The van der Waals surface area contributed by atoms with E-state index in [9.17, 15) is 9.59 Å². The summed E-state index contributed by atoms with van der Waals surface area (Å²) in [6.45, 7) is 1.50. The number of carbonyl (C=O) groups is 2. The molecule has 0 N–H and O–H groups in total. The van der Waals surface area contributed by atoms with Gasteiger partial charge in [0.05, 0.1) is 0 Å². The third kappa shape index (κ3) is 2.59. The fourth-order valence-corrected chi connectivity index (χ4v) is 1.69. The monoisotopic (exact) mass is 261 g/mol. The van der Waals surface area contributed by atoms with Gasteiger partial charge in [-0.15, -0.1) is 0 Å². The van der Waals surface area contributed by atoms with Crippen molar-refractivity contribution in [1.29, 1.82) is 0 Å². The first-order valence-corrected chi connectivity index (χ1v) is 5.86. The lowest BCUT2D eigenvalue weighted by molar-refractivity contribution is -0.132. The SMILES string of the molecule is Cc1c(C(=O)OCC(=O)N(C)C)oc2ccccc12. The third-order valence-electron chi connectivity index (χ3n) is 2.85. The third-order valence-corrected chi connectivity index (χ3v) is 2.85. The second-order valence-electron chi connectivity index (χ2n) is 4.42. The predicted molar refractivity (Wildman–Crippen MR) is 69.9 cm³/mol. The summed E-state index contributed by atoms with van der Waals surface area (Å²) in [4.78, 5) is 24.6. The Morgan fingerprint density at radius 2 is 1.95 bits per heavy atom. The quantitative estimate of drug-likeness (QED) is 0.793. The average molecular weight is 261 g/mol. The highest BCUT2D eigenvalue weighted by molar-refractivity contribution is 5.96. The second kappa shape index (κ2) is 5.14. The molecule has 1 aromatic carbocycles. The molecular weight excluding hydrogens is 246 g/mol. The largest absolute Gasteiger partial charge is 0.450 e. The van der Waals surface area contributed by atoms with Crippen LogP contribution >= 0.6 is 0 Å². The number of para-hydroxylation sites is 1. The van der Waals surface area contributed by atoms with Gasteiger partial charge in [-0.25, -0.2) is 4.79 Å². The summed E-state index contributed by atoms with van der Waals surface area (Å²) < 4.78 is 10.4. The van der Waals surface area contributed by atoms with Crippen LogP contribution in [0.5, 0.6) is 0 Å². The zero-order valence-corrected chi connectivity index (χ0v) is 11.1. The minimum atomic E-state index is -0.621.